The molecular weight excluding hydrogens is 312 g/mol. The summed E-state index contributed by atoms with van der Waals surface area (Å²) < 4.78 is 11.8. The number of furan rings is 1. The highest BCUT2D eigenvalue weighted by Gasteiger charge is 2.33. The molecule has 1 fully saturated rings. The van der Waals surface area contributed by atoms with Gasteiger partial charge in [0.1, 0.15) is 5.76 Å². The van der Waals surface area contributed by atoms with Gasteiger partial charge in [-0.15, -0.1) is 0 Å². The van der Waals surface area contributed by atoms with E-state index >= 15 is 0 Å². The Kier molecular flexibility index (Phi) is 3.34. The third kappa shape index (κ3) is 2.23. The van der Waals surface area contributed by atoms with Crippen LogP contribution in [-0.4, -0.2) is 17.5 Å². The monoisotopic (exact) mass is 322 g/mol. The summed E-state index contributed by atoms with van der Waals surface area (Å²) in [5, 5.41) is 0. The average Bonchev–Trinajstić information content (AvgIpc) is 2.67. The zero-order valence-corrected chi connectivity index (χ0v) is 11.0. The van der Waals surface area contributed by atoms with Gasteiger partial charge in [0.2, 0.25) is 0 Å². The Morgan fingerprint density at radius 1 is 1.50 bits per heavy atom. The molecule has 1 aliphatic rings. The van der Waals surface area contributed by atoms with E-state index in [0.29, 0.717) is 16.8 Å². The van der Waals surface area contributed by atoms with Crippen LogP contribution in [0.3, 0.4) is 0 Å². The van der Waals surface area contributed by atoms with Crippen LogP contribution < -0.4 is 0 Å². The average molecular weight is 324 g/mol. The van der Waals surface area contributed by atoms with Crippen molar-refractivity contribution in [3.05, 3.63) is 22.6 Å². The van der Waals surface area contributed by atoms with Crippen molar-refractivity contribution in [1.29, 1.82) is 0 Å². The maximum absolute atomic E-state index is 5.56. The van der Waals surface area contributed by atoms with Gasteiger partial charge in [-0.25, -0.2) is 0 Å². The van der Waals surface area contributed by atoms with Crippen molar-refractivity contribution < 1.29 is 9.15 Å². The molecule has 1 aromatic rings. The summed E-state index contributed by atoms with van der Waals surface area (Å²) in [6.45, 7) is 2.91. The Hall–Kier alpha value is 0.200. The summed E-state index contributed by atoms with van der Waals surface area (Å²) >= 11 is 6.93. The van der Waals surface area contributed by atoms with Gasteiger partial charge in [0.15, 0.2) is 4.67 Å². The molecular formula is C10H12Br2O2. The lowest BCUT2D eigenvalue weighted by atomic mass is 9.97. The quantitative estimate of drug-likeness (QED) is 0.778. The van der Waals surface area contributed by atoms with Gasteiger partial charge in [-0.2, -0.15) is 0 Å². The minimum Gasteiger partial charge on any atom is -0.454 e. The van der Waals surface area contributed by atoms with Gasteiger partial charge < -0.3 is 9.15 Å². The fourth-order valence-electron chi connectivity index (χ4n) is 1.77. The lowest BCUT2D eigenvalue weighted by Gasteiger charge is -2.14. The van der Waals surface area contributed by atoms with Gasteiger partial charge in [-0.1, -0.05) is 15.9 Å². The molecule has 3 atom stereocenters. The fraction of sp³-hybridized carbons (Fsp3) is 0.600. The van der Waals surface area contributed by atoms with Gasteiger partial charge in [0.05, 0.1) is 12.7 Å². The Labute approximate surface area is 100 Å². The van der Waals surface area contributed by atoms with E-state index < -0.39 is 0 Å². The molecule has 2 nitrogen and oxygen atoms in total. The summed E-state index contributed by atoms with van der Waals surface area (Å²) in [5.74, 6) is 1.52. The van der Waals surface area contributed by atoms with Crippen LogP contribution in [0.15, 0.2) is 21.2 Å². The minimum absolute atomic E-state index is 0.309. The molecule has 0 radical (unpaired) electrons. The van der Waals surface area contributed by atoms with Crippen LogP contribution >= 0.6 is 31.9 Å². The minimum atomic E-state index is 0.309. The molecule has 3 unspecified atom stereocenters. The highest BCUT2D eigenvalue weighted by Crippen LogP contribution is 2.31. The van der Waals surface area contributed by atoms with Crippen molar-refractivity contribution in [1.82, 2.24) is 0 Å². The first-order chi connectivity index (χ1) is 6.66. The number of hydrogen-bond donors (Lipinski definition) is 0. The van der Waals surface area contributed by atoms with Gasteiger partial charge in [-0.3, -0.25) is 0 Å². The van der Waals surface area contributed by atoms with Crippen LogP contribution in [0, 0.1) is 5.92 Å². The predicted molar refractivity (Wildman–Crippen MR) is 61.7 cm³/mol. The Morgan fingerprint density at radius 2 is 2.29 bits per heavy atom. The summed E-state index contributed by atoms with van der Waals surface area (Å²) in [7, 11) is 0. The Bertz CT molecular complexity index is 301. The molecule has 0 aromatic carbocycles. The molecule has 0 saturated carbocycles. The molecule has 0 N–H and O–H groups in total. The van der Waals surface area contributed by atoms with Gasteiger partial charge in [-0.05, 0) is 35.0 Å². The SMILES string of the molecule is CC1OCC(Br)C1Cc1ccc(Br)o1. The maximum Gasteiger partial charge on any atom is 0.169 e. The lowest BCUT2D eigenvalue weighted by Crippen LogP contribution is -2.20. The van der Waals surface area contributed by atoms with Crippen molar-refractivity contribution in [3.63, 3.8) is 0 Å². The van der Waals surface area contributed by atoms with E-state index in [9.17, 15) is 0 Å². The van der Waals surface area contributed by atoms with Crippen molar-refractivity contribution in [2.75, 3.05) is 6.61 Å². The van der Waals surface area contributed by atoms with E-state index in [1.807, 2.05) is 12.1 Å². The highest BCUT2D eigenvalue weighted by atomic mass is 79.9. The summed E-state index contributed by atoms with van der Waals surface area (Å²) in [5.41, 5.74) is 0. The second-order valence-corrected chi connectivity index (χ2v) is 5.59. The summed E-state index contributed by atoms with van der Waals surface area (Å²) in [4.78, 5) is 0.446. The van der Waals surface area contributed by atoms with Crippen molar-refractivity contribution in [3.8, 4) is 0 Å². The van der Waals surface area contributed by atoms with Gasteiger partial charge >= 0.3 is 0 Å². The van der Waals surface area contributed by atoms with Crippen molar-refractivity contribution in [2.24, 2.45) is 5.92 Å². The third-order valence-electron chi connectivity index (χ3n) is 2.65. The number of halogens is 2. The smallest absolute Gasteiger partial charge is 0.169 e. The first-order valence-electron chi connectivity index (χ1n) is 4.66. The normalized spacial score (nSPS) is 32.4. The number of rotatable bonds is 2. The first-order valence-corrected chi connectivity index (χ1v) is 6.37. The van der Waals surface area contributed by atoms with Crippen molar-refractivity contribution >= 4 is 31.9 Å². The molecule has 2 rings (SSSR count). The molecule has 1 aromatic heterocycles. The van der Waals surface area contributed by atoms with Crippen LogP contribution in [0.4, 0.5) is 0 Å². The van der Waals surface area contributed by atoms with Gasteiger partial charge in [0.25, 0.3) is 0 Å². The number of hydrogen-bond acceptors (Lipinski definition) is 2. The molecule has 2 heterocycles. The molecule has 1 aliphatic heterocycles. The summed E-state index contributed by atoms with van der Waals surface area (Å²) in [6, 6.07) is 3.94. The fourth-order valence-corrected chi connectivity index (χ4v) is 2.88. The largest absolute Gasteiger partial charge is 0.454 e. The van der Waals surface area contributed by atoms with Crippen molar-refractivity contribution in [2.45, 2.75) is 24.3 Å². The van der Waals surface area contributed by atoms with E-state index in [0.717, 1.165) is 23.5 Å². The van der Waals surface area contributed by atoms with E-state index in [-0.39, 0.29) is 0 Å². The molecule has 78 valence electrons. The third-order valence-corrected chi connectivity index (χ3v) is 4.02. The van der Waals surface area contributed by atoms with E-state index in [2.05, 4.69) is 38.8 Å². The predicted octanol–water partition coefficient (Wildman–Crippen LogP) is 3.38. The Balaban J connectivity index is 2.03. The Morgan fingerprint density at radius 3 is 2.79 bits per heavy atom. The molecule has 4 heteroatoms. The molecule has 0 aliphatic carbocycles. The van der Waals surface area contributed by atoms with Gasteiger partial charge in [0, 0.05) is 17.2 Å². The first kappa shape index (κ1) is 10.7. The molecule has 0 bridgehead atoms. The molecule has 0 spiro atoms. The number of ether oxygens (including phenoxy) is 1. The lowest BCUT2D eigenvalue weighted by molar-refractivity contribution is 0.104. The van der Waals surface area contributed by atoms with Crippen LogP contribution in [-0.2, 0) is 11.2 Å². The second kappa shape index (κ2) is 4.37. The maximum atomic E-state index is 5.56. The van der Waals surface area contributed by atoms with E-state index in [1.54, 1.807) is 0 Å². The topological polar surface area (TPSA) is 22.4 Å². The second-order valence-electron chi connectivity index (χ2n) is 3.63. The standard InChI is InChI=1S/C10H12Br2O2/c1-6-8(9(11)5-13-6)4-7-2-3-10(12)14-7/h2-3,6,8-9H,4-5H2,1H3. The summed E-state index contributed by atoms with van der Waals surface area (Å²) in [6.07, 6.45) is 1.24. The molecule has 0 amide bonds. The zero-order valence-electron chi connectivity index (χ0n) is 7.87. The number of alkyl halides is 1. The van der Waals surface area contributed by atoms with Crippen LogP contribution in [0.1, 0.15) is 12.7 Å². The van der Waals surface area contributed by atoms with E-state index in [4.69, 9.17) is 9.15 Å². The zero-order chi connectivity index (χ0) is 10.1. The highest BCUT2D eigenvalue weighted by molar-refractivity contribution is 9.10. The molecule has 14 heavy (non-hydrogen) atoms. The van der Waals surface area contributed by atoms with Crippen LogP contribution in [0.5, 0.6) is 0 Å². The van der Waals surface area contributed by atoms with Crippen LogP contribution in [0.25, 0.3) is 0 Å². The van der Waals surface area contributed by atoms with E-state index in [1.165, 1.54) is 0 Å². The molecule has 1 saturated heterocycles. The van der Waals surface area contributed by atoms with Crippen LogP contribution in [0.2, 0.25) is 0 Å².